The molecule has 3 heteroatoms. The van der Waals surface area contributed by atoms with Crippen molar-refractivity contribution < 1.29 is 0 Å². The molecule has 2 nitrogen and oxygen atoms in total. The first kappa shape index (κ1) is 16.6. The highest BCUT2D eigenvalue weighted by Gasteiger charge is 2.12. The Bertz CT molecular complexity index is 966. The van der Waals surface area contributed by atoms with E-state index in [-0.39, 0.29) is 0 Å². The molecule has 0 saturated carbocycles. The highest BCUT2D eigenvalue weighted by atomic mass is 79.9. The molecule has 1 aromatic heterocycles. The summed E-state index contributed by atoms with van der Waals surface area (Å²) in [7, 11) is 0. The van der Waals surface area contributed by atoms with E-state index in [9.17, 15) is 0 Å². The summed E-state index contributed by atoms with van der Waals surface area (Å²) in [6.45, 7) is 0. The van der Waals surface area contributed by atoms with Crippen LogP contribution in [0.4, 0.5) is 17.1 Å². The first-order valence-electron chi connectivity index (χ1n) is 8.43. The van der Waals surface area contributed by atoms with Gasteiger partial charge < -0.3 is 4.90 Å². The third-order valence-corrected chi connectivity index (χ3v) is 4.71. The molecule has 0 bridgehead atoms. The number of nitrogens with zero attached hydrogens (tertiary/aromatic N) is 2. The first-order chi connectivity index (χ1) is 12.8. The predicted molar refractivity (Wildman–Crippen MR) is 112 cm³/mol. The summed E-state index contributed by atoms with van der Waals surface area (Å²) in [6, 6.07) is 33.2. The molecule has 1 heterocycles. The molecule has 26 heavy (non-hydrogen) atoms. The van der Waals surface area contributed by atoms with Crippen LogP contribution < -0.4 is 4.90 Å². The van der Waals surface area contributed by atoms with Crippen molar-refractivity contribution in [1.29, 1.82) is 0 Å². The fourth-order valence-corrected chi connectivity index (χ4v) is 3.19. The molecule has 0 amide bonds. The van der Waals surface area contributed by atoms with Crippen molar-refractivity contribution >= 4 is 33.0 Å². The normalized spacial score (nSPS) is 10.5. The van der Waals surface area contributed by atoms with Gasteiger partial charge in [0.2, 0.25) is 0 Å². The molecule has 0 aliphatic rings. The summed E-state index contributed by atoms with van der Waals surface area (Å²) in [5.74, 6) is 0. The van der Waals surface area contributed by atoms with E-state index in [2.05, 4.69) is 98.6 Å². The summed E-state index contributed by atoms with van der Waals surface area (Å²) >= 11 is 3.52. The maximum absolute atomic E-state index is 4.43. The minimum atomic E-state index is 0.981. The van der Waals surface area contributed by atoms with Gasteiger partial charge in [-0.1, -0.05) is 52.3 Å². The quantitative estimate of drug-likeness (QED) is 0.367. The van der Waals surface area contributed by atoms with Gasteiger partial charge in [0.25, 0.3) is 0 Å². The topological polar surface area (TPSA) is 16.1 Å². The fraction of sp³-hybridized carbons (Fsp3) is 0. The summed E-state index contributed by atoms with van der Waals surface area (Å²) in [5.41, 5.74) is 5.44. The zero-order valence-corrected chi connectivity index (χ0v) is 15.7. The van der Waals surface area contributed by atoms with Crippen molar-refractivity contribution in [1.82, 2.24) is 4.98 Å². The van der Waals surface area contributed by atoms with Gasteiger partial charge in [-0.05, 0) is 60.7 Å². The number of hydrogen-bond acceptors (Lipinski definition) is 2. The third-order valence-electron chi connectivity index (χ3n) is 4.19. The molecule has 0 aliphatic heterocycles. The standard InChI is InChI=1S/C23H17BrN2/c24-19-11-15-22(16-12-19)26(20-6-2-1-3-7-20)21-13-9-18(10-14-21)23-8-4-5-17-25-23/h1-17H. The zero-order valence-electron chi connectivity index (χ0n) is 14.1. The smallest absolute Gasteiger partial charge is 0.0701 e. The number of halogens is 1. The van der Waals surface area contributed by atoms with E-state index in [1.807, 2.05) is 30.5 Å². The van der Waals surface area contributed by atoms with Gasteiger partial charge in [-0.2, -0.15) is 0 Å². The monoisotopic (exact) mass is 400 g/mol. The van der Waals surface area contributed by atoms with Crippen LogP contribution in [0.5, 0.6) is 0 Å². The summed E-state index contributed by atoms with van der Waals surface area (Å²) in [4.78, 5) is 6.68. The van der Waals surface area contributed by atoms with Gasteiger partial charge in [0.15, 0.2) is 0 Å². The van der Waals surface area contributed by atoms with Crippen LogP contribution in [0.2, 0.25) is 0 Å². The molecule has 0 N–H and O–H groups in total. The molecule has 3 aromatic carbocycles. The van der Waals surface area contributed by atoms with Crippen molar-refractivity contribution in [3.05, 3.63) is 108 Å². The Morgan fingerprint density at radius 3 is 1.77 bits per heavy atom. The molecular formula is C23H17BrN2. The summed E-state index contributed by atoms with van der Waals surface area (Å²) < 4.78 is 1.07. The van der Waals surface area contributed by atoms with Crippen molar-refractivity contribution in [2.24, 2.45) is 0 Å². The SMILES string of the molecule is Brc1ccc(N(c2ccccc2)c2ccc(-c3ccccn3)cc2)cc1. The van der Waals surface area contributed by atoms with E-state index in [4.69, 9.17) is 0 Å². The molecule has 0 aliphatic carbocycles. The molecule has 0 unspecified atom stereocenters. The second kappa shape index (κ2) is 7.54. The Labute approximate surface area is 161 Å². The average Bonchev–Trinajstić information content (AvgIpc) is 2.72. The number of para-hydroxylation sites is 1. The number of aromatic nitrogens is 1. The Morgan fingerprint density at radius 2 is 1.15 bits per heavy atom. The second-order valence-electron chi connectivity index (χ2n) is 5.91. The predicted octanol–water partition coefficient (Wildman–Crippen LogP) is 6.98. The third kappa shape index (κ3) is 3.53. The van der Waals surface area contributed by atoms with Crippen LogP contribution in [-0.4, -0.2) is 4.98 Å². The molecule has 0 spiro atoms. The molecular weight excluding hydrogens is 384 g/mol. The number of pyridine rings is 1. The average molecular weight is 401 g/mol. The Balaban J connectivity index is 1.76. The highest BCUT2D eigenvalue weighted by Crippen LogP contribution is 2.35. The van der Waals surface area contributed by atoms with Gasteiger partial charge >= 0.3 is 0 Å². The van der Waals surface area contributed by atoms with E-state index in [1.54, 1.807) is 0 Å². The maximum Gasteiger partial charge on any atom is 0.0701 e. The minimum Gasteiger partial charge on any atom is -0.311 e. The number of anilines is 3. The Kier molecular flexibility index (Phi) is 4.80. The van der Waals surface area contributed by atoms with Crippen LogP contribution in [0.1, 0.15) is 0 Å². The summed E-state index contributed by atoms with van der Waals surface area (Å²) in [5, 5.41) is 0. The maximum atomic E-state index is 4.43. The highest BCUT2D eigenvalue weighted by molar-refractivity contribution is 9.10. The van der Waals surface area contributed by atoms with Crippen molar-refractivity contribution in [2.45, 2.75) is 0 Å². The van der Waals surface area contributed by atoms with Crippen LogP contribution in [0, 0.1) is 0 Å². The molecule has 4 rings (SSSR count). The molecule has 126 valence electrons. The lowest BCUT2D eigenvalue weighted by Gasteiger charge is -2.25. The molecule has 0 fully saturated rings. The Morgan fingerprint density at radius 1 is 0.577 bits per heavy atom. The van der Waals surface area contributed by atoms with E-state index in [0.717, 1.165) is 32.8 Å². The van der Waals surface area contributed by atoms with Crippen molar-refractivity contribution in [3.63, 3.8) is 0 Å². The van der Waals surface area contributed by atoms with Crippen molar-refractivity contribution in [3.8, 4) is 11.3 Å². The van der Waals surface area contributed by atoms with Crippen LogP contribution in [0.15, 0.2) is 108 Å². The minimum absolute atomic E-state index is 0.981. The molecule has 4 aromatic rings. The van der Waals surface area contributed by atoms with E-state index < -0.39 is 0 Å². The lowest BCUT2D eigenvalue weighted by atomic mass is 10.1. The van der Waals surface area contributed by atoms with Crippen LogP contribution >= 0.6 is 15.9 Å². The molecule has 0 radical (unpaired) electrons. The van der Waals surface area contributed by atoms with Gasteiger partial charge in [0.1, 0.15) is 0 Å². The number of hydrogen-bond donors (Lipinski definition) is 0. The van der Waals surface area contributed by atoms with Gasteiger partial charge in [-0.3, -0.25) is 4.98 Å². The van der Waals surface area contributed by atoms with E-state index in [1.165, 1.54) is 0 Å². The fourth-order valence-electron chi connectivity index (χ4n) is 2.93. The van der Waals surface area contributed by atoms with Crippen LogP contribution in [-0.2, 0) is 0 Å². The summed E-state index contributed by atoms with van der Waals surface area (Å²) in [6.07, 6.45) is 1.82. The van der Waals surface area contributed by atoms with E-state index >= 15 is 0 Å². The van der Waals surface area contributed by atoms with E-state index in [0.29, 0.717) is 0 Å². The van der Waals surface area contributed by atoms with Gasteiger partial charge in [0, 0.05) is 33.3 Å². The molecule has 0 saturated heterocycles. The van der Waals surface area contributed by atoms with Crippen LogP contribution in [0.3, 0.4) is 0 Å². The van der Waals surface area contributed by atoms with Gasteiger partial charge in [-0.25, -0.2) is 0 Å². The lowest BCUT2D eigenvalue weighted by Crippen LogP contribution is -2.09. The first-order valence-corrected chi connectivity index (χ1v) is 9.23. The van der Waals surface area contributed by atoms with Gasteiger partial charge in [0.05, 0.1) is 5.69 Å². The number of benzene rings is 3. The zero-order chi connectivity index (χ0) is 17.8. The Hall–Kier alpha value is -2.91. The lowest BCUT2D eigenvalue weighted by molar-refractivity contribution is 1.27. The molecule has 0 atom stereocenters. The number of rotatable bonds is 4. The second-order valence-corrected chi connectivity index (χ2v) is 6.82. The van der Waals surface area contributed by atoms with Crippen molar-refractivity contribution in [2.75, 3.05) is 4.90 Å². The van der Waals surface area contributed by atoms with Crippen LogP contribution in [0.25, 0.3) is 11.3 Å². The van der Waals surface area contributed by atoms with Gasteiger partial charge in [-0.15, -0.1) is 0 Å². The largest absolute Gasteiger partial charge is 0.311 e.